The molecule has 0 amide bonds. The Hall–Kier alpha value is -2.34. The Balaban J connectivity index is 1.73. The molecule has 2 aromatic rings. The minimum Gasteiger partial charge on any atom is -0.393 e. The number of nitrogens with zero attached hydrogens (tertiary/aromatic N) is 2. The van der Waals surface area contributed by atoms with Gasteiger partial charge in [0.2, 0.25) is 0 Å². The fraction of sp³-hybridized carbons (Fsp3) is 0.412. The van der Waals surface area contributed by atoms with Crippen LogP contribution in [0.3, 0.4) is 0 Å². The van der Waals surface area contributed by atoms with Crippen molar-refractivity contribution in [3.8, 4) is 0 Å². The third-order valence-electron chi connectivity index (χ3n) is 4.87. The second kappa shape index (κ2) is 5.38. The molecule has 0 spiro atoms. The number of aliphatic hydroxyl groups is 1. The topological polar surface area (TPSA) is 93.2 Å². The van der Waals surface area contributed by atoms with Gasteiger partial charge in [-0.2, -0.15) is 0 Å². The quantitative estimate of drug-likeness (QED) is 0.743. The van der Waals surface area contributed by atoms with Gasteiger partial charge in [-0.25, -0.2) is 4.68 Å². The number of hydrogen-bond acceptors (Lipinski definition) is 5. The molecule has 0 fully saturated rings. The lowest BCUT2D eigenvalue weighted by molar-refractivity contribution is 0.0848. The van der Waals surface area contributed by atoms with E-state index in [0.29, 0.717) is 25.1 Å². The molecule has 120 valence electrons. The number of hydrogen-bond donors (Lipinski definition) is 3. The number of para-hydroxylation sites is 1. The van der Waals surface area contributed by atoms with E-state index in [1.807, 2.05) is 24.3 Å². The zero-order valence-corrected chi connectivity index (χ0v) is 12.8. The molecule has 2 atom stereocenters. The largest absolute Gasteiger partial charge is 0.393 e. The van der Waals surface area contributed by atoms with Crippen LogP contribution in [0.2, 0.25) is 0 Å². The number of nitrogens with one attached hydrogen (secondary N) is 1. The standard InChI is InChI=1S/C17H20N4O2/c18-16-13-9-10(22)5-6-15(13)21(20-16)17(23)12-7-8-19-14-4-2-1-3-11(12)14/h1-4,10,12,19,22H,5-9H2,(H2,18,20)/t10-,12+/m1/s1. The van der Waals surface area contributed by atoms with Crippen molar-refractivity contribution in [2.75, 3.05) is 17.6 Å². The van der Waals surface area contributed by atoms with Crippen molar-refractivity contribution in [1.29, 1.82) is 0 Å². The van der Waals surface area contributed by atoms with Crippen molar-refractivity contribution < 1.29 is 9.90 Å². The van der Waals surface area contributed by atoms with Gasteiger partial charge in [-0.05, 0) is 30.9 Å². The second-order valence-corrected chi connectivity index (χ2v) is 6.31. The van der Waals surface area contributed by atoms with Crippen LogP contribution in [0.4, 0.5) is 11.5 Å². The minimum absolute atomic E-state index is 0.0247. The van der Waals surface area contributed by atoms with Crippen molar-refractivity contribution in [2.45, 2.75) is 37.7 Å². The van der Waals surface area contributed by atoms with Crippen molar-refractivity contribution in [1.82, 2.24) is 9.78 Å². The number of aliphatic hydroxyl groups excluding tert-OH is 1. The second-order valence-electron chi connectivity index (χ2n) is 6.31. The maximum Gasteiger partial charge on any atom is 0.254 e. The molecule has 0 saturated carbocycles. The lowest BCUT2D eigenvalue weighted by atomic mass is 9.89. The van der Waals surface area contributed by atoms with Gasteiger partial charge in [0.25, 0.3) is 5.91 Å². The SMILES string of the molecule is Nc1nn(C(=O)[C@H]2CCNc3ccccc32)c2c1C[C@H](O)CC2. The molecule has 4 N–H and O–H groups in total. The van der Waals surface area contributed by atoms with E-state index in [0.717, 1.165) is 35.5 Å². The molecule has 6 nitrogen and oxygen atoms in total. The van der Waals surface area contributed by atoms with E-state index in [1.54, 1.807) is 0 Å². The fourth-order valence-corrected chi connectivity index (χ4v) is 3.68. The molecule has 0 saturated heterocycles. The number of carbonyl (C=O) groups is 1. The van der Waals surface area contributed by atoms with E-state index in [4.69, 9.17) is 5.73 Å². The van der Waals surface area contributed by atoms with Crippen LogP contribution in [0.25, 0.3) is 0 Å². The molecule has 1 aliphatic carbocycles. The molecule has 2 aliphatic rings. The van der Waals surface area contributed by atoms with Gasteiger partial charge >= 0.3 is 0 Å². The fourth-order valence-electron chi connectivity index (χ4n) is 3.68. The first kappa shape index (κ1) is 14.3. The van der Waals surface area contributed by atoms with E-state index in [9.17, 15) is 9.90 Å². The highest BCUT2D eigenvalue weighted by Gasteiger charge is 2.32. The summed E-state index contributed by atoms with van der Waals surface area (Å²) < 4.78 is 1.49. The summed E-state index contributed by atoms with van der Waals surface area (Å²) in [6, 6.07) is 7.91. The van der Waals surface area contributed by atoms with Crippen LogP contribution in [0.15, 0.2) is 24.3 Å². The Labute approximate surface area is 134 Å². The normalized spacial score (nSPS) is 22.8. The van der Waals surface area contributed by atoms with Gasteiger partial charge in [-0.3, -0.25) is 4.79 Å². The van der Waals surface area contributed by atoms with E-state index in [2.05, 4.69) is 10.4 Å². The van der Waals surface area contributed by atoms with Crippen LogP contribution in [-0.4, -0.2) is 33.4 Å². The van der Waals surface area contributed by atoms with Gasteiger partial charge in [0, 0.05) is 24.2 Å². The van der Waals surface area contributed by atoms with Crippen molar-refractivity contribution in [2.24, 2.45) is 0 Å². The molecular formula is C17H20N4O2. The number of aromatic nitrogens is 2. The van der Waals surface area contributed by atoms with E-state index < -0.39 is 6.10 Å². The maximum atomic E-state index is 13.1. The maximum absolute atomic E-state index is 13.1. The summed E-state index contributed by atoms with van der Waals surface area (Å²) >= 11 is 0. The minimum atomic E-state index is -0.392. The Kier molecular flexibility index (Phi) is 3.34. The van der Waals surface area contributed by atoms with Crippen molar-refractivity contribution >= 4 is 17.4 Å². The van der Waals surface area contributed by atoms with Gasteiger partial charge < -0.3 is 16.2 Å². The first-order chi connectivity index (χ1) is 11.1. The molecule has 1 aliphatic heterocycles. The molecule has 6 heteroatoms. The number of benzene rings is 1. The van der Waals surface area contributed by atoms with Gasteiger partial charge in [0.05, 0.1) is 17.7 Å². The van der Waals surface area contributed by atoms with Crippen LogP contribution in [0, 0.1) is 0 Å². The summed E-state index contributed by atoms with van der Waals surface area (Å²) in [6.45, 7) is 0.769. The van der Waals surface area contributed by atoms with Gasteiger partial charge in [-0.1, -0.05) is 18.2 Å². The van der Waals surface area contributed by atoms with Crippen LogP contribution in [0.5, 0.6) is 0 Å². The molecule has 2 heterocycles. The number of carbonyl (C=O) groups excluding carboxylic acids is 1. The number of anilines is 2. The van der Waals surface area contributed by atoms with Crippen LogP contribution < -0.4 is 11.1 Å². The first-order valence-corrected chi connectivity index (χ1v) is 8.06. The third-order valence-corrected chi connectivity index (χ3v) is 4.87. The molecular weight excluding hydrogens is 292 g/mol. The third kappa shape index (κ3) is 2.30. The predicted molar refractivity (Wildman–Crippen MR) is 87.6 cm³/mol. The Morgan fingerprint density at radius 3 is 3.04 bits per heavy atom. The highest BCUT2D eigenvalue weighted by atomic mass is 16.3. The predicted octanol–water partition coefficient (Wildman–Crippen LogP) is 1.55. The summed E-state index contributed by atoms with van der Waals surface area (Å²) in [5.74, 6) is 0.139. The number of rotatable bonds is 1. The Morgan fingerprint density at radius 1 is 1.35 bits per heavy atom. The van der Waals surface area contributed by atoms with Crippen molar-refractivity contribution in [3.63, 3.8) is 0 Å². The lowest BCUT2D eigenvalue weighted by Gasteiger charge is -2.26. The number of nitrogens with two attached hydrogens (primary N) is 1. The Bertz CT molecular complexity index is 768. The molecule has 0 radical (unpaired) electrons. The average Bonchev–Trinajstić information content (AvgIpc) is 2.90. The van der Waals surface area contributed by atoms with Gasteiger partial charge in [0.1, 0.15) is 5.82 Å². The number of fused-ring (bicyclic) bond motifs is 2. The van der Waals surface area contributed by atoms with Crippen LogP contribution in [-0.2, 0) is 12.8 Å². The summed E-state index contributed by atoms with van der Waals surface area (Å²) in [6.07, 6.45) is 2.12. The van der Waals surface area contributed by atoms with Gasteiger partial charge in [-0.15, -0.1) is 5.10 Å². The lowest BCUT2D eigenvalue weighted by Crippen LogP contribution is -2.30. The summed E-state index contributed by atoms with van der Waals surface area (Å²) in [5, 5.41) is 17.4. The van der Waals surface area contributed by atoms with E-state index in [-0.39, 0.29) is 11.8 Å². The Morgan fingerprint density at radius 2 is 2.17 bits per heavy atom. The highest BCUT2D eigenvalue weighted by Crippen LogP contribution is 2.34. The molecule has 4 rings (SSSR count). The van der Waals surface area contributed by atoms with Crippen LogP contribution >= 0.6 is 0 Å². The molecule has 1 aromatic heterocycles. The summed E-state index contributed by atoms with van der Waals surface area (Å²) in [4.78, 5) is 13.1. The average molecular weight is 312 g/mol. The summed E-state index contributed by atoms with van der Waals surface area (Å²) in [5.41, 5.74) is 9.71. The van der Waals surface area contributed by atoms with Crippen molar-refractivity contribution in [3.05, 3.63) is 41.1 Å². The molecule has 0 bridgehead atoms. The smallest absolute Gasteiger partial charge is 0.254 e. The zero-order chi connectivity index (χ0) is 16.0. The van der Waals surface area contributed by atoms with E-state index in [1.165, 1.54) is 4.68 Å². The molecule has 1 aromatic carbocycles. The molecule has 23 heavy (non-hydrogen) atoms. The number of nitrogen functional groups attached to an aromatic ring is 1. The van der Waals surface area contributed by atoms with Gasteiger partial charge in [0.15, 0.2) is 0 Å². The van der Waals surface area contributed by atoms with Crippen LogP contribution in [0.1, 0.15) is 40.4 Å². The first-order valence-electron chi connectivity index (χ1n) is 8.06. The molecule has 0 unspecified atom stereocenters. The van der Waals surface area contributed by atoms with E-state index >= 15 is 0 Å². The summed E-state index contributed by atoms with van der Waals surface area (Å²) in [7, 11) is 0. The highest BCUT2D eigenvalue weighted by molar-refractivity contribution is 5.89. The monoisotopic (exact) mass is 312 g/mol. The zero-order valence-electron chi connectivity index (χ0n) is 12.8.